The number of para-hydroxylation sites is 1. The van der Waals surface area contributed by atoms with Crippen LogP contribution in [0.15, 0.2) is 53.9 Å². The quantitative estimate of drug-likeness (QED) is 0.379. The number of halogens is 2. The molecule has 0 saturated carbocycles. The van der Waals surface area contributed by atoms with E-state index in [1.807, 2.05) is 30.5 Å². The Balaban J connectivity index is 1.71. The monoisotopic (exact) mass is 437 g/mol. The Morgan fingerprint density at radius 2 is 2.00 bits per heavy atom. The molecule has 1 atom stereocenters. The summed E-state index contributed by atoms with van der Waals surface area (Å²) >= 11 is 7.52. The molecule has 0 fully saturated rings. The number of nitrogens with zero attached hydrogens (tertiary/aromatic N) is 3. The summed E-state index contributed by atoms with van der Waals surface area (Å²) in [6, 6.07) is 16.5. The predicted molar refractivity (Wildman–Crippen MR) is 119 cm³/mol. The van der Waals surface area contributed by atoms with Crippen LogP contribution in [0.4, 0.5) is 16.2 Å². The van der Waals surface area contributed by atoms with Gasteiger partial charge in [-0.05, 0) is 36.6 Å². The van der Waals surface area contributed by atoms with E-state index in [-0.39, 0.29) is 17.6 Å². The average Bonchev–Trinajstić information content (AvgIpc) is 3.29. The van der Waals surface area contributed by atoms with Crippen LogP contribution in [-0.4, -0.2) is 9.97 Å². The number of aromatic nitrogens is 2. The van der Waals surface area contributed by atoms with Gasteiger partial charge in [-0.1, -0.05) is 35.9 Å². The number of nitrogens with one attached hydrogen (secondary N) is 2. The second kappa shape index (κ2) is 8.66. The number of hydrogen-bond acceptors (Lipinski definition) is 6. The molecule has 0 aliphatic carbocycles. The average molecular weight is 438 g/mol. The SMILES string of the molecule is C[C@@H](Nc1nc(NCc2cccc(Cl)c2F)nc2c(C#N)cccc12)c1cccs1. The maximum Gasteiger partial charge on any atom is 0.225 e. The van der Waals surface area contributed by atoms with Gasteiger partial charge in [0, 0.05) is 22.4 Å². The van der Waals surface area contributed by atoms with Crippen molar-refractivity contribution in [3.05, 3.63) is 80.8 Å². The molecule has 30 heavy (non-hydrogen) atoms. The number of rotatable bonds is 6. The third-order valence-corrected chi connectivity index (χ3v) is 5.99. The Morgan fingerprint density at radius 1 is 1.17 bits per heavy atom. The smallest absolute Gasteiger partial charge is 0.225 e. The van der Waals surface area contributed by atoms with Gasteiger partial charge in [-0.3, -0.25) is 0 Å². The van der Waals surface area contributed by atoms with Gasteiger partial charge < -0.3 is 10.6 Å². The summed E-state index contributed by atoms with van der Waals surface area (Å²) in [5.41, 5.74) is 1.38. The van der Waals surface area contributed by atoms with Crippen LogP contribution in [0.1, 0.15) is 29.0 Å². The van der Waals surface area contributed by atoms with Gasteiger partial charge in [0.25, 0.3) is 0 Å². The summed E-state index contributed by atoms with van der Waals surface area (Å²) in [5, 5.41) is 18.8. The van der Waals surface area contributed by atoms with Crippen molar-refractivity contribution in [3.8, 4) is 6.07 Å². The number of benzene rings is 2. The highest BCUT2D eigenvalue weighted by Gasteiger charge is 2.15. The minimum atomic E-state index is -0.477. The topological polar surface area (TPSA) is 73.6 Å². The van der Waals surface area contributed by atoms with Crippen LogP contribution < -0.4 is 10.6 Å². The molecular formula is C22H17ClFN5S. The fourth-order valence-corrected chi connectivity index (χ4v) is 4.03. The lowest BCUT2D eigenvalue weighted by Crippen LogP contribution is -2.11. The molecule has 0 saturated heterocycles. The first kappa shape index (κ1) is 20.1. The molecule has 0 aliphatic rings. The van der Waals surface area contributed by atoms with Crippen molar-refractivity contribution in [1.82, 2.24) is 9.97 Å². The van der Waals surface area contributed by atoms with Gasteiger partial charge in [0.15, 0.2) is 0 Å². The van der Waals surface area contributed by atoms with Crippen LogP contribution >= 0.6 is 22.9 Å². The molecule has 0 radical (unpaired) electrons. The standard InChI is InChI=1S/C22H17ClFN5S/c1-13(18-9-4-10-30-18)27-21-16-7-2-5-14(11-25)20(16)28-22(29-21)26-12-15-6-3-8-17(23)19(15)24/h2-10,13H,12H2,1H3,(H2,26,27,28,29)/t13-/m1/s1. The highest BCUT2D eigenvalue weighted by atomic mass is 35.5. The molecule has 2 aromatic heterocycles. The minimum absolute atomic E-state index is 0.0204. The molecule has 2 heterocycles. The summed E-state index contributed by atoms with van der Waals surface area (Å²) in [6.07, 6.45) is 0. The van der Waals surface area contributed by atoms with Crippen molar-refractivity contribution in [2.24, 2.45) is 0 Å². The maximum absolute atomic E-state index is 14.2. The lowest BCUT2D eigenvalue weighted by Gasteiger charge is -2.16. The van der Waals surface area contributed by atoms with Crippen molar-refractivity contribution in [1.29, 1.82) is 5.26 Å². The lowest BCUT2D eigenvalue weighted by atomic mass is 10.1. The molecular weight excluding hydrogens is 421 g/mol. The molecule has 0 spiro atoms. The third-order valence-electron chi connectivity index (χ3n) is 4.64. The zero-order valence-electron chi connectivity index (χ0n) is 16.0. The molecule has 4 rings (SSSR count). The summed E-state index contributed by atoms with van der Waals surface area (Å²) in [4.78, 5) is 10.3. The molecule has 0 unspecified atom stereocenters. The molecule has 150 valence electrons. The predicted octanol–water partition coefficient (Wildman–Crippen LogP) is 6.14. The Bertz CT molecular complexity index is 1240. The molecule has 5 nitrogen and oxygen atoms in total. The summed E-state index contributed by atoms with van der Waals surface area (Å²) in [7, 11) is 0. The van der Waals surface area contributed by atoms with Gasteiger partial charge in [-0.15, -0.1) is 11.3 Å². The van der Waals surface area contributed by atoms with Crippen molar-refractivity contribution >= 4 is 45.6 Å². The molecule has 0 bridgehead atoms. The second-order valence-corrected chi connectivity index (χ2v) is 8.04. The van der Waals surface area contributed by atoms with E-state index in [1.165, 1.54) is 6.07 Å². The largest absolute Gasteiger partial charge is 0.362 e. The van der Waals surface area contributed by atoms with E-state index >= 15 is 0 Å². The van der Waals surface area contributed by atoms with Gasteiger partial charge in [0.1, 0.15) is 17.7 Å². The van der Waals surface area contributed by atoms with Gasteiger partial charge in [0.05, 0.1) is 22.1 Å². The number of nitriles is 1. The minimum Gasteiger partial charge on any atom is -0.362 e. The zero-order valence-corrected chi connectivity index (χ0v) is 17.6. The molecule has 4 aromatic rings. The molecule has 2 aromatic carbocycles. The summed E-state index contributed by atoms with van der Waals surface area (Å²) < 4.78 is 14.2. The van der Waals surface area contributed by atoms with Crippen molar-refractivity contribution < 1.29 is 4.39 Å². The van der Waals surface area contributed by atoms with E-state index in [2.05, 4.69) is 26.7 Å². The van der Waals surface area contributed by atoms with E-state index in [0.717, 1.165) is 10.3 Å². The third kappa shape index (κ3) is 4.06. The van der Waals surface area contributed by atoms with Gasteiger partial charge >= 0.3 is 0 Å². The van der Waals surface area contributed by atoms with E-state index in [4.69, 9.17) is 11.6 Å². The number of hydrogen-bond donors (Lipinski definition) is 2. The highest BCUT2D eigenvalue weighted by Crippen LogP contribution is 2.29. The Labute approximate surface area is 182 Å². The number of anilines is 2. The normalized spacial score (nSPS) is 11.8. The Morgan fingerprint density at radius 3 is 2.77 bits per heavy atom. The number of fused-ring (bicyclic) bond motifs is 1. The molecule has 0 amide bonds. The van der Waals surface area contributed by atoms with Crippen molar-refractivity contribution in [3.63, 3.8) is 0 Å². The first-order valence-corrected chi connectivity index (χ1v) is 10.5. The van der Waals surface area contributed by atoms with Crippen LogP contribution in [0.2, 0.25) is 5.02 Å². The van der Waals surface area contributed by atoms with Gasteiger partial charge in [-0.2, -0.15) is 10.2 Å². The maximum atomic E-state index is 14.2. The second-order valence-electron chi connectivity index (χ2n) is 6.66. The fraction of sp³-hybridized carbons (Fsp3) is 0.136. The zero-order chi connectivity index (χ0) is 21.1. The van der Waals surface area contributed by atoms with E-state index < -0.39 is 5.82 Å². The van der Waals surface area contributed by atoms with E-state index in [1.54, 1.807) is 35.6 Å². The summed E-state index contributed by atoms with van der Waals surface area (Å²) in [6.45, 7) is 2.20. The van der Waals surface area contributed by atoms with Crippen LogP contribution in [0.25, 0.3) is 10.9 Å². The molecule has 8 heteroatoms. The Hall–Kier alpha value is -3.21. The summed E-state index contributed by atoms with van der Waals surface area (Å²) in [5.74, 6) is 0.423. The van der Waals surface area contributed by atoms with Gasteiger partial charge in [-0.25, -0.2) is 9.37 Å². The van der Waals surface area contributed by atoms with Crippen LogP contribution in [0.3, 0.4) is 0 Å². The van der Waals surface area contributed by atoms with E-state index in [0.29, 0.717) is 28.4 Å². The number of thiophene rings is 1. The van der Waals surface area contributed by atoms with Crippen molar-refractivity contribution in [2.45, 2.75) is 19.5 Å². The van der Waals surface area contributed by atoms with Gasteiger partial charge in [0.2, 0.25) is 5.95 Å². The lowest BCUT2D eigenvalue weighted by molar-refractivity contribution is 0.613. The highest BCUT2D eigenvalue weighted by molar-refractivity contribution is 7.10. The first-order chi connectivity index (χ1) is 14.6. The van der Waals surface area contributed by atoms with Crippen LogP contribution in [0, 0.1) is 17.1 Å². The van der Waals surface area contributed by atoms with Crippen molar-refractivity contribution in [2.75, 3.05) is 10.6 Å². The fourth-order valence-electron chi connectivity index (χ4n) is 3.10. The first-order valence-electron chi connectivity index (χ1n) is 9.24. The molecule has 0 aliphatic heterocycles. The van der Waals surface area contributed by atoms with Crippen LogP contribution in [-0.2, 0) is 6.54 Å². The van der Waals surface area contributed by atoms with Crippen LogP contribution in [0.5, 0.6) is 0 Å². The van der Waals surface area contributed by atoms with E-state index in [9.17, 15) is 9.65 Å². The Kier molecular flexibility index (Phi) is 5.79. The molecule has 2 N–H and O–H groups in total.